The first-order valence-corrected chi connectivity index (χ1v) is 11.9. The number of guanidine groups is 1. The number of hydrogen-bond donors (Lipinski definition) is 3. The third kappa shape index (κ3) is 7.49. The summed E-state index contributed by atoms with van der Waals surface area (Å²) in [6.45, 7) is 5.54. The molecule has 0 spiro atoms. The minimum Gasteiger partial charge on any atom is -0.496 e. The average molecular weight is 426 g/mol. The van der Waals surface area contributed by atoms with E-state index in [1.807, 2.05) is 18.2 Å². The summed E-state index contributed by atoms with van der Waals surface area (Å²) in [7, 11) is 0.313. The lowest BCUT2D eigenvalue weighted by Gasteiger charge is -2.30. The molecule has 1 aromatic rings. The maximum absolute atomic E-state index is 11.5. The zero-order valence-corrected chi connectivity index (χ0v) is 18.6. The van der Waals surface area contributed by atoms with E-state index < -0.39 is 10.0 Å². The molecule has 0 saturated carbocycles. The minimum atomic E-state index is -3.14. The Balaban J connectivity index is 1.90. The number of para-hydroxylation sites is 1. The molecule has 1 heterocycles. The van der Waals surface area contributed by atoms with Gasteiger partial charge in [0.25, 0.3) is 0 Å². The molecule has 1 unspecified atom stereocenters. The molecule has 1 aromatic carbocycles. The molecule has 1 aliphatic rings. The SMILES string of the molecule is CCS(=O)(=O)NCCCNC(=NC)NCC(c1ccccc1OC)N1CCCC1. The van der Waals surface area contributed by atoms with Gasteiger partial charge in [-0.1, -0.05) is 18.2 Å². The molecule has 164 valence electrons. The van der Waals surface area contributed by atoms with Crippen LogP contribution in [0, 0.1) is 0 Å². The van der Waals surface area contributed by atoms with E-state index in [1.165, 1.54) is 18.4 Å². The predicted molar refractivity (Wildman–Crippen MR) is 118 cm³/mol. The second-order valence-corrected chi connectivity index (χ2v) is 9.13. The molecule has 0 radical (unpaired) electrons. The van der Waals surface area contributed by atoms with Gasteiger partial charge in [-0.15, -0.1) is 0 Å². The van der Waals surface area contributed by atoms with Gasteiger partial charge in [-0.2, -0.15) is 0 Å². The summed E-state index contributed by atoms with van der Waals surface area (Å²) < 4.78 is 31.1. The fraction of sp³-hybridized carbons (Fsp3) is 0.650. The third-order valence-electron chi connectivity index (χ3n) is 5.11. The summed E-state index contributed by atoms with van der Waals surface area (Å²) in [6, 6.07) is 8.36. The monoisotopic (exact) mass is 425 g/mol. The zero-order chi connectivity index (χ0) is 21.1. The van der Waals surface area contributed by atoms with Crippen molar-refractivity contribution < 1.29 is 13.2 Å². The number of aliphatic imine (C=N–C) groups is 1. The number of nitrogens with one attached hydrogen (secondary N) is 3. The molecule has 1 atom stereocenters. The van der Waals surface area contributed by atoms with Gasteiger partial charge in [0.2, 0.25) is 10.0 Å². The standard InChI is InChI=1S/C20H35N5O3S/c1-4-29(26,27)24-13-9-12-22-20(21-2)23-16-18(25-14-7-8-15-25)17-10-5-6-11-19(17)28-3/h5-6,10-11,18,24H,4,7-9,12-16H2,1-3H3,(H2,21,22,23). The van der Waals surface area contributed by atoms with E-state index in [2.05, 4.69) is 31.3 Å². The van der Waals surface area contributed by atoms with Crippen molar-refractivity contribution in [2.24, 2.45) is 4.99 Å². The molecule has 1 fully saturated rings. The third-order valence-corrected chi connectivity index (χ3v) is 6.52. The van der Waals surface area contributed by atoms with Crippen molar-refractivity contribution in [2.75, 3.05) is 52.6 Å². The molecular weight excluding hydrogens is 390 g/mol. The van der Waals surface area contributed by atoms with Gasteiger partial charge in [-0.05, 0) is 45.3 Å². The average Bonchev–Trinajstić information content (AvgIpc) is 3.27. The molecular formula is C20H35N5O3S. The number of ether oxygens (including phenoxy) is 1. The van der Waals surface area contributed by atoms with Crippen LogP contribution in [0.1, 0.15) is 37.8 Å². The maximum atomic E-state index is 11.5. The molecule has 0 bridgehead atoms. The summed E-state index contributed by atoms with van der Waals surface area (Å²) in [4.78, 5) is 6.78. The highest BCUT2D eigenvalue weighted by atomic mass is 32.2. The number of sulfonamides is 1. The normalized spacial score (nSPS) is 16.6. The van der Waals surface area contributed by atoms with Crippen LogP contribution in [0.3, 0.4) is 0 Å². The number of likely N-dealkylation sites (tertiary alicyclic amines) is 1. The van der Waals surface area contributed by atoms with E-state index in [0.29, 0.717) is 32.0 Å². The Bertz CT molecular complexity index is 748. The number of benzene rings is 1. The van der Waals surface area contributed by atoms with E-state index in [4.69, 9.17) is 4.74 Å². The van der Waals surface area contributed by atoms with Crippen molar-refractivity contribution in [2.45, 2.75) is 32.2 Å². The van der Waals surface area contributed by atoms with Crippen LogP contribution in [0.5, 0.6) is 5.75 Å². The Kier molecular flexibility index (Phi) is 9.69. The fourth-order valence-electron chi connectivity index (χ4n) is 3.47. The first-order chi connectivity index (χ1) is 14.0. The van der Waals surface area contributed by atoms with Gasteiger partial charge in [0.1, 0.15) is 5.75 Å². The first-order valence-electron chi connectivity index (χ1n) is 10.3. The van der Waals surface area contributed by atoms with Crippen molar-refractivity contribution in [1.82, 2.24) is 20.3 Å². The summed E-state index contributed by atoms with van der Waals surface area (Å²) >= 11 is 0. The van der Waals surface area contributed by atoms with Gasteiger partial charge in [0.15, 0.2) is 5.96 Å². The highest BCUT2D eigenvalue weighted by Crippen LogP contribution is 2.31. The predicted octanol–water partition coefficient (Wildman–Crippen LogP) is 1.33. The first kappa shape index (κ1) is 23.4. The highest BCUT2D eigenvalue weighted by molar-refractivity contribution is 7.89. The Hall–Kier alpha value is -1.84. The molecule has 2 rings (SSSR count). The van der Waals surface area contributed by atoms with Crippen molar-refractivity contribution in [1.29, 1.82) is 0 Å². The molecule has 8 nitrogen and oxygen atoms in total. The summed E-state index contributed by atoms with van der Waals surface area (Å²) in [6.07, 6.45) is 3.11. The number of methoxy groups -OCH3 is 1. The van der Waals surface area contributed by atoms with Crippen molar-refractivity contribution in [3.05, 3.63) is 29.8 Å². The Morgan fingerprint density at radius 2 is 1.93 bits per heavy atom. The van der Waals surface area contributed by atoms with E-state index >= 15 is 0 Å². The van der Waals surface area contributed by atoms with E-state index in [0.717, 1.165) is 18.8 Å². The van der Waals surface area contributed by atoms with Crippen LogP contribution < -0.4 is 20.1 Å². The zero-order valence-electron chi connectivity index (χ0n) is 17.8. The van der Waals surface area contributed by atoms with Crippen LogP contribution in [-0.2, 0) is 10.0 Å². The largest absolute Gasteiger partial charge is 0.496 e. The van der Waals surface area contributed by atoms with E-state index in [-0.39, 0.29) is 11.8 Å². The fourth-order valence-corrected chi connectivity index (χ4v) is 4.13. The molecule has 0 aliphatic carbocycles. The van der Waals surface area contributed by atoms with E-state index in [1.54, 1.807) is 21.1 Å². The topological polar surface area (TPSA) is 95.1 Å². The van der Waals surface area contributed by atoms with Crippen LogP contribution in [0.25, 0.3) is 0 Å². The van der Waals surface area contributed by atoms with Gasteiger partial charge >= 0.3 is 0 Å². The van der Waals surface area contributed by atoms with Gasteiger partial charge in [-0.3, -0.25) is 9.89 Å². The second-order valence-electron chi connectivity index (χ2n) is 7.03. The number of rotatable bonds is 11. The smallest absolute Gasteiger partial charge is 0.211 e. The summed E-state index contributed by atoms with van der Waals surface area (Å²) in [5.74, 6) is 1.71. The van der Waals surface area contributed by atoms with Crippen LogP contribution in [0.2, 0.25) is 0 Å². The summed E-state index contributed by atoms with van der Waals surface area (Å²) in [5, 5.41) is 6.67. The lowest BCUT2D eigenvalue weighted by molar-refractivity contribution is 0.239. The lowest BCUT2D eigenvalue weighted by atomic mass is 10.0. The summed E-state index contributed by atoms with van der Waals surface area (Å²) in [5.41, 5.74) is 1.17. The minimum absolute atomic E-state index is 0.102. The Morgan fingerprint density at radius 1 is 1.21 bits per heavy atom. The molecule has 9 heteroatoms. The van der Waals surface area contributed by atoms with Crippen molar-refractivity contribution in [3.8, 4) is 5.75 Å². The van der Waals surface area contributed by atoms with Crippen LogP contribution in [0.4, 0.5) is 0 Å². The van der Waals surface area contributed by atoms with Crippen LogP contribution in [0.15, 0.2) is 29.3 Å². The Morgan fingerprint density at radius 3 is 2.59 bits per heavy atom. The molecule has 0 aromatic heterocycles. The van der Waals surface area contributed by atoms with E-state index in [9.17, 15) is 8.42 Å². The molecule has 0 amide bonds. The molecule has 29 heavy (non-hydrogen) atoms. The Labute approximate surface area is 175 Å². The second kappa shape index (κ2) is 12.0. The van der Waals surface area contributed by atoms with Gasteiger partial charge in [0.05, 0.1) is 18.9 Å². The lowest BCUT2D eigenvalue weighted by Crippen LogP contribution is -2.43. The van der Waals surface area contributed by atoms with Crippen molar-refractivity contribution >= 4 is 16.0 Å². The van der Waals surface area contributed by atoms with Crippen LogP contribution >= 0.6 is 0 Å². The number of nitrogens with zero attached hydrogens (tertiary/aromatic N) is 2. The van der Waals surface area contributed by atoms with Gasteiger partial charge in [0, 0.05) is 32.2 Å². The molecule has 1 aliphatic heterocycles. The van der Waals surface area contributed by atoms with Gasteiger partial charge in [-0.25, -0.2) is 13.1 Å². The number of hydrogen-bond acceptors (Lipinski definition) is 5. The van der Waals surface area contributed by atoms with Crippen LogP contribution in [-0.4, -0.2) is 71.9 Å². The van der Waals surface area contributed by atoms with Crippen molar-refractivity contribution in [3.63, 3.8) is 0 Å². The quantitative estimate of drug-likeness (QED) is 0.281. The molecule has 3 N–H and O–H groups in total. The highest BCUT2D eigenvalue weighted by Gasteiger charge is 2.26. The van der Waals surface area contributed by atoms with Gasteiger partial charge < -0.3 is 15.4 Å². The maximum Gasteiger partial charge on any atom is 0.211 e. The molecule has 1 saturated heterocycles.